The Kier molecular flexibility index (Phi) is 4.97. The van der Waals surface area contributed by atoms with Crippen molar-refractivity contribution in [3.05, 3.63) is 29.3 Å². The Morgan fingerprint density at radius 1 is 1.35 bits per heavy atom. The van der Waals surface area contributed by atoms with Crippen LogP contribution in [-0.2, 0) is 4.79 Å². The third-order valence-corrected chi connectivity index (χ3v) is 2.41. The minimum atomic E-state index is -0.444. The molecule has 4 nitrogen and oxygen atoms in total. The van der Waals surface area contributed by atoms with Crippen LogP contribution < -0.4 is 15.8 Å². The van der Waals surface area contributed by atoms with Gasteiger partial charge in [0, 0.05) is 0 Å². The van der Waals surface area contributed by atoms with E-state index in [-0.39, 0.29) is 6.61 Å². The molecule has 0 saturated carbocycles. The van der Waals surface area contributed by atoms with E-state index in [1.165, 1.54) is 0 Å². The number of rotatable bonds is 6. The fourth-order valence-electron chi connectivity index (χ4n) is 1.68. The van der Waals surface area contributed by atoms with Crippen molar-refractivity contribution in [2.24, 2.45) is 5.73 Å². The molecule has 94 valence electrons. The van der Waals surface area contributed by atoms with Gasteiger partial charge in [-0.1, -0.05) is 13.0 Å². The van der Waals surface area contributed by atoms with Crippen LogP contribution >= 0.6 is 0 Å². The molecule has 3 N–H and O–H groups in total. The van der Waals surface area contributed by atoms with E-state index in [4.69, 9.17) is 10.5 Å². The molecule has 1 amide bonds. The molecule has 0 fully saturated rings. The Balaban J connectivity index is 2.61. The largest absolute Gasteiger partial charge is 0.491 e. The SMILES string of the molecule is CCNC(COc1cc(C)cc(C)c1)C(N)=O. The van der Waals surface area contributed by atoms with E-state index in [0.29, 0.717) is 6.54 Å². The Morgan fingerprint density at radius 2 is 1.94 bits per heavy atom. The molecule has 0 aliphatic rings. The summed E-state index contributed by atoms with van der Waals surface area (Å²) in [6, 6.07) is 5.51. The van der Waals surface area contributed by atoms with Crippen LogP contribution in [0.25, 0.3) is 0 Å². The summed E-state index contributed by atoms with van der Waals surface area (Å²) >= 11 is 0. The van der Waals surface area contributed by atoms with Crippen LogP contribution in [0.5, 0.6) is 5.75 Å². The number of likely N-dealkylation sites (N-methyl/N-ethyl adjacent to an activating group) is 1. The zero-order valence-electron chi connectivity index (χ0n) is 10.6. The monoisotopic (exact) mass is 236 g/mol. The van der Waals surface area contributed by atoms with Gasteiger partial charge in [-0.05, 0) is 43.7 Å². The lowest BCUT2D eigenvalue weighted by Crippen LogP contribution is -2.45. The van der Waals surface area contributed by atoms with E-state index >= 15 is 0 Å². The molecule has 0 aliphatic heterocycles. The number of amides is 1. The molecule has 1 unspecified atom stereocenters. The van der Waals surface area contributed by atoms with E-state index in [9.17, 15) is 4.79 Å². The minimum Gasteiger partial charge on any atom is -0.491 e. The number of aryl methyl sites for hydroxylation is 2. The minimum absolute atomic E-state index is 0.256. The zero-order chi connectivity index (χ0) is 12.8. The van der Waals surface area contributed by atoms with E-state index in [1.807, 2.05) is 32.9 Å². The highest BCUT2D eigenvalue weighted by molar-refractivity contribution is 5.80. The smallest absolute Gasteiger partial charge is 0.238 e. The first-order valence-corrected chi connectivity index (χ1v) is 5.76. The number of carbonyl (C=O) groups excluding carboxylic acids is 1. The van der Waals surface area contributed by atoms with Gasteiger partial charge in [-0.15, -0.1) is 0 Å². The maximum atomic E-state index is 11.1. The molecule has 0 heterocycles. The molecule has 1 atom stereocenters. The number of benzene rings is 1. The van der Waals surface area contributed by atoms with Crippen LogP contribution in [0.3, 0.4) is 0 Å². The second-order valence-corrected chi connectivity index (χ2v) is 4.15. The highest BCUT2D eigenvalue weighted by Gasteiger charge is 2.14. The number of ether oxygens (including phenoxy) is 1. The number of primary amides is 1. The number of carbonyl (C=O) groups is 1. The van der Waals surface area contributed by atoms with Gasteiger partial charge in [0.05, 0.1) is 0 Å². The predicted octanol–water partition coefficient (Wildman–Crippen LogP) is 1.15. The van der Waals surface area contributed by atoms with E-state index in [0.717, 1.165) is 16.9 Å². The first-order valence-electron chi connectivity index (χ1n) is 5.76. The van der Waals surface area contributed by atoms with Crippen LogP contribution in [0, 0.1) is 13.8 Å². The standard InChI is InChI=1S/C13H20N2O2/c1-4-15-12(13(14)16)8-17-11-6-9(2)5-10(3)7-11/h5-7,12,15H,4,8H2,1-3H3,(H2,14,16). The summed E-state index contributed by atoms with van der Waals surface area (Å²) < 4.78 is 5.58. The Bertz CT molecular complexity index is 371. The van der Waals surface area contributed by atoms with Gasteiger partial charge in [0.2, 0.25) is 5.91 Å². The second kappa shape index (κ2) is 6.25. The van der Waals surface area contributed by atoms with Gasteiger partial charge in [-0.25, -0.2) is 0 Å². The number of nitrogens with one attached hydrogen (secondary N) is 1. The zero-order valence-corrected chi connectivity index (χ0v) is 10.6. The third-order valence-electron chi connectivity index (χ3n) is 2.41. The van der Waals surface area contributed by atoms with Crippen molar-refractivity contribution in [3.8, 4) is 5.75 Å². The summed E-state index contributed by atoms with van der Waals surface area (Å²) in [5.41, 5.74) is 7.54. The van der Waals surface area contributed by atoms with Crippen molar-refractivity contribution in [1.29, 1.82) is 0 Å². The molecule has 0 aliphatic carbocycles. The topological polar surface area (TPSA) is 64.3 Å². The van der Waals surface area contributed by atoms with E-state index < -0.39 is 11.9 Å². The third kappa shape index (κ3) is 4.44. The maximum absolute atomic E-state index is 11.1. The summed E-state index contributed by atoms with van der Waals surface area (Å²) in [7, 11) is 0. The molecule has 4 heteroatoms. The van der Waals surface area contributed by atoms with Crippen LogP contribution in [0.2, 0.25) is 0 Å². The molecule has 0 spiro atoms. The molecule has 0 radical (unpaired) electrons. The van der Waals surface area contributed by atoms with Gasteiger partial charge in [-0.3, -0.25) is 4.79 Å². The van der Waals surface area contributed by atoms with Crippen molar-refractivity contribution in [2.45, 2.75) is 26.8 Å². The number of hydrogen-bond donors (Lipinski definition) is 2. The van der Waals surface area contributed by atoms with Gasteiger partial charge in [0.25, 0.3) is 0 Å². The molecular formula is C13H20N2O2. The molecule has 1 aromatic rings. The van der Waals surface area contributed by atoms with Crippen molar-refractivity contribution in [2.75, 3.05) is 13.2 Å². The van der Waals surface area contributed by atoms with E-state index in [2.05, 4.69) is 11.4 Å². The van der Waals surface area contributed by atoms with Gasteiger partial charge in [0.1, 0.15) is 18.4 Å². The number of nitrogens with two attached hydrogens (primary N) is 1. The summed E-state index contributed by atoms with van der Waals surface area (Å²) in [5, 5.41) is 2.98. The molecule has 1 rings (SSSR count). The predicted molar refractivity (Wildman–Crippen MR) is 68.1 cm³/mol. The van der Waals surface area contributed by atoms with Crippen LogP contribution in [0.1, 0.15) is 18.1 Å². The molecule has 0 bridgehead atoms. The average Bonchev–Trinajstić information content (AvgIpc) is 2.22. The average molecular weight is 236 g/mol. The highest BCUT2D eigenvalue weighted by atomic mass is 16.5. The molecule has 1 aromatic carbocycles. The van der Waals surface area contributed by atoms with Crippen molar-refractivity contribution in [1.82, 2.24) is 5.32 Å². The second-order valence-electron chi connectivity index (χ2n) is 4.15. The van der Waals surface area contributed by atoms with Crippen molar-refractivity contribution >= 4 is 5.91 Å². The Labute approximate surface area is 102 Å². The Hall–Kier alpha value is -1.55. The van der Waals surface area contributed by atoms with Gasteiger partial charge < -0.3 is 15.8 Å². The summed E-state index contributed by atoms with van der Waals surface area (Å²) in [6.07, 6.45) is 0. The van der Waals surface area contributed by atoms with Gasteiger partial charge >= 0.3 is 0 Å². The molecular weight excluding hydrogens is 216 g/mol. The fraction of sp³-hybridized carbons (Fsp3) is 0.462. The quantitative estimate of drug-likeness (QED) is 0.778. The number of hydrogen-bond acceptors (Lipinski definition) is 3. The van der Waals surface area contributed by atoms with Crippen LogP contribution in [0.15, 0.2) is 18.2 Å². The molecule has 0 aromatic heterocycles. The van der Waals surface area contributed by atoms with Crippen LogP contribution in [-0.4, -0.2) is 25.1 Å². The fourth-order valence-corrected chi connectivity index (χ4v) is 1.68. The van der Waals surface area contributed by atoms with Crippen LogP contribution in [0.4, 0.5) is 0 Å². The lowest BCUT2D eigenvalue weighted by molar-refractivity contribution is -0.120. The summed E-state index contributed by atoms with van der Waals surface area (Å²) in [4.78, 5) is 11.1. The van der Waals surface area contributed by atoms with Gasteiger partial charge in [-0.2, -0.15) is 0 Å². The normalized spacial score (nSPS) is 12.2. The van der Waals surface area contributed by atoms with Crippen molar-refractivity contribution < 1.29 is 9.53 Å². The maximum Gasteiger partial charge on any atom is 0.238 e. The highest BCUT2D eigenvalue weighted by Crippen LogP contribution is 2.16. The lowest BCUT2D eigenvalue weighted by Gasteiger charge is -2.15. The van der Waals surface area contributed by atoms with Crippen molar-refractivity contribution in [3.63, 3.8) is 0 Å². The lowest BCUT2D eigenvalue weighted by atomic mass is 10.1. The first-order chi connectivity index (χ1) is 8.02. The first kappa shape index (κ1) is 13.5. The van der Waals surface area contributed by atoms with Gasteiger partial charge in [0.15, 0.2) is 0 Å². The Morgan fingerprint density at radius 3 is 2.41 bits per heavy atom. The molecule has 17 heavy (non-hydrogen) atoms. The van der Waals surface area contributed by atoms with E-state index in [1.54, 1.807) is 0 Å². The summed E-state index contributed by atoms with van der Waals surface area (Å²) in [6.45, 7) is 6.88. The molecule has 0 saturated heterocycles. The summed E-state index contributed by atoms with van der Waals surface area (Å²) in [5.74, 6) is 0.378.